The zero-order chi connectivity index (χ0) is 14.9. The van der Waals surface area contributed by atoms with Gasteiger partial charge in [-0.25, -0.2) is 0 Å². The van der Waals surface area contributed by atoms with E-state index in [1.807, 2.05) is 12.1 Å². The summed E-state index contributed by atoms with van der Waals surface area (Å²) in [5, 5.41) is 1.75. The van der Waals surface area contributed by atoms with Crippen LogP contribution in [0, 0.1) is 0 Å². The molecule has 1 fully saturated rings. The van der Waals surface area contributed by atoms with Gasteiger partial charge < -0.3 is 4.74 Å². The molecule has 2 heterocycles. The molecule has 22 heavy (non-hydrogen) atoms. The van der Waals surface area contributed by atoms with E-state index < -0.39 is 0 Å². The fourth-order valence-corrected chi connectivity index (χ4v) is 4.06. The Bertz CT molecular complexity index is 680. The van der Waals surface area contributed by atoms with E-state index in [0.29, 0.717) is 12.8 Å². The molecule has 0 saturated heterocycles. The maximum absolute atomic E-state index is 6.44. The van der Waals surface area contributed by atoms with Crippen LogP contribution in [0.2, 0.25) is 5.02 Å². The Morgan fingerprint density at radius 3 is 2.82 bits per heavy atom. The Morgan fingerprint density at radius 2 is 2.00 bits per heavy atom. The molecule has 0 atom stereocenters. The second-order valence-electron chi connectivity index (χ2n) is 6.41. The van der Waals surface area contributed by atoms with E-state index in [1.54, 1.807) is 6.20 Å². The van der Waals surface area contributed by atoms with Gasteiger partial charge in [0, 0.05) is 29.7 Å². The molecule has 4 rings (SSSR count). The molecule has 1 aliphatic carbocycles. The Hall–Kier alpha value is -1.32. The maximum atomic E-state index is 6.44. The van der Waals surface area contributed by atoms with Gasteiger partial charge in [-0.1, -0.05) is 37.3 Å². The Morgan fingerprint density at radius 1 is 1.18 bits per heavy atom. The van der Waals surface area contributed by atoms with E-state index >= 15 is 0 Å². The number of pyridine rings is 1. The zero-order valence-electron chi connectivity index (χ0n) is 12.7. The molecule has 1 aromatic heterocycles. The first kappa shape index (κ1) is 14.3. The predicted octanol–water partition coefficient (Wildman–Crippen LogP) is 4.76. The van der Waals surface area contributed by atoms with Crippen molar-refractivity contribution < 1.29 is 4.74 Å². The molecule has 0 amide bonds. The van der Waals surface area contributed by atoms with Crippen molar-refractivity contribution >= 4 is 22.5 Å². The summed E-state index contributed by atoms with van der Waals surface area (Å²) in [5.41, 5.74) is 2.07. The summed E-state index contributed by atoms with van der Waals surface area (Å²) in [5.74, 6) is 0.921. The number of nitrogens with zero attached hydrogens (tertiary/aromatic N) is 2. The largest absolute Gasteiger partial charge is 0.475 e. The fraction of sp³-hybridized carbons (Fsp3) is 0.500. The highest BCUT2D eigenvalue weighted by atomic mass is 35.5. The van der Waals surface area contributed by atoms with E-state index in [0.717, 1.165) is 28.2 Å². The van der Waals surface area contributed by atoms with E-state index in [4.69, 9.17) is 16.3 Å². The molecule has 0 N–H and O–H groups in total. The van der Waals surface area contributed by atoms with E-state index in [-0.39, 0.29) is 0 Å². The van der Waals surface area contributed by atoms with Gasteiger partial charge in [-0.2, -0.15) is 0 Å². The average molecular weight is 317 g/mol. The van der Waals surface area contributed by atoms with Gasteiger partial charge in [-0.3, -0.25) is 9.88 Å². The summed E-state index contributed by atoms with van der Waals surface area (Å²) in [7, 11) is 0. The van der Waals surface area contributed by atoms with Gasteiger partial charge in [0.1, 0.15) is 12.2 Å². The van der Waals surface area contributed by atoms with Crippen molar-refractivity contribution in [1.82, 2.24) is 9.88 Å². The van der Waals surface area contributed by atoms with E-state index in [2.05, 4.69) is 16.0 Å². The van der Waals surface area contributed by atoms with Crippen LogP contribution < -0.4 is 4.74 Å². The number of hydrogen-bond acceptors (Lipinski definition) is 3. The van der Waals surface area contributed by atoms with Crippen LogP contribution in [0.4, 0.5) is 0 Å². The normalized spacial score (nSPS) is 20.4. The van der Waals surface area contributed by atoms with Gasteiger partial charge >= 0.3 is 0 Å². The number of halogens is 1. The van der Waals surface area contributed by atoms with Gasteiger partial charge in [0.05, 0.1) is 5.02 Å². The standard InChI is InChI=1S/C18H21ClN2O/c19-16-10-13-11-21(14-6-3-1-2-4-7-14)12-22-18(13)17-15(16)8-5-9-20-17/h5,8-10,14H,1-4,6-7,11-12H2. The lowest BCUT2D eigenvalue weighted by molar-refractivity contribution is 0.0504. The molecule has 2 aliphatic rings. The Labute approximate surface area is 136 Å². The van der Waals surface area contributed by atoms with Crippen molar-refractivity contribution in [3.63, 3.8) is 0 Å². The molecule has 3 nitrogen and oxygen atoms in total. The van der Waals surface area contributed by atoms with Crippen LogP contribution in [0.25, 0.3) is 10.9 Å². The summed E-state index contributed by atoms with van der Waals surface area (Å²) < 4.78 is 6.10. The van der Waals surface area contributed by atoms with Crippen LogP contribution in [0.1, 0.15) is 44.1 Å². The number of aromatic nitrogens is 1. The van der Waals surface area contributed by atoms with Crippen LogP contribution in [0.3, 0.4) is 0 Å². The number of rotatable bonds is 1. The third-order valence-electron chi connectivity index (χ3n) is 4.96. The zero-order valence-corrected chi connectivity index (χ0v) is 13.5. The van der Waals surface area contributed by atoms with Crippen LogP contribution >= 0.6 is 11.6 Å². The molecule has 1 aliphatic heterocycles. The first-order valence-electron chi connectivity index (χ1n) is 8.26. The summed E-state index contributed by atoms with van der Waals surface area (Å²) >= 11 is 6.44. The highest BCUT2D eigenvalue weighted by Crippen LogP contribution is 2.38. The van der Waals surface area contributed by atoms with Crippen molar-refractivity contribution in [3.05, 3.63) is 35.0 Å². The number of ether oxygens (including phenoxy) is 1. The Kier molecular flexibility index (Phi) is 3.93. The van der Waals surface area contributed by atoms with Gasteiger partial charge in [0.2, 0.25) is 0 Å². The molecule has 4 heteroatoms. The van der Waals surface area contributed by atoms with Crippen LogP contribution in [-0.4, -0.2) is 22.7 Å². The maximum Gasteiger partial charge on any atom is 0.152 e. The van der Waals surface area contributed by atoms with Gasteiger partial charge in [0.25, 0.3) is 0 Å². The molecule has 0 unspecified atom stereocenters. The molecule has 0 bridgehead atoms. The predicted molar refractivity (Wildman–Crippen MR) is 89.3 cm³/mol. The SMILES string of the molecule is Clc1cc2c(c3ncccc13)OCN(C1CCCCCC1)C2. The minimum absolute atomic E-state index is 0.647. The molecule has 0 spiro atoms. The second kappa shape index (κ2) is 6.05. The molecule has 1 aromatic carbocycles. The van der Waals surface area contributed by atoms with E-state index in [9.17, 15) is 0 Å². The number of benzene rings is 1. The van der Waals surface area contributed by atoms with Gasteiger partial charge in [0.15, 0.2) is 5.75 Å². The first-order valence-corrected chi connectivity index (χ1v) is 8.63. The Balaban J connectivity index is 1.66. The van der Waals surface area contributed by atoms with Crippen LogP contribution in [0.15, 0.2) is 24.4 Å². The molecular formula is C18H21ClN2O. The smallest absolute Gasteiger partial charge is 0.152 e. The lowest BCUT2D eigenvalue weighted by atomic mass is 10.0. The third-order valence-corrected chi connectivity index (χ3v) is 5.27. The summed E-state index contributed by atoms with van der Waals surface area (Å²) in [6, 6.07) is 6.63. The molecule has 2 aromatic rings. The van der Waals surface area contributed by atoms with Gasteiger partial charge in [-0.15, -0.1) is 0 Å². The van der Waals surface area contributed by atoms with Crippen LogP contribution in [-0.2, 0) is 6.54 Å². The highest BCUT2D eigenvalue weighted by Gasteiger charge is 2.27. The van der Waals surface area contributed by atoms with Crippen LogP contribution in [0.5, 0.6) is 5.75 Å². The number of hydrogen-bond donors (Lipinski definition) is 0. The fourth-order valence-electron chi connectivity index (χ4n) is 3.78. The van der Waals surface area contributed by atoms with E-state index in [1.165, 1.54) is 44.1 Å². The third kappa shape index (κ3) is 2.57. The minimum atomic E-state index is 0.647. The van der Waals surface area contributed by atoms with Crippen molar-refractivity contribution in [1.29, 1.82) is 0 Å². The van der Waals surface area contributed by atoms with Crippen molar-refractivity contribution in [3.8, 4) is 5.75 Å². The van der Waals surface area contributed by atoms with Crippen molar-refractivity contribution in [2.75, 3.05) is 6.73 Å². The average Bonchev–Trinajstić information content (AvgIpc) is 2.84. The summed E-state index contributed by atoms with van der Waals surface area (Å²) in [4.78, 5) is 6.95. The summed E-state index contributed by atoms with van der Waals surface area (Å²) in [6.45, 7) is 1.59. The topological polar surface area (TPSA) is 25.4 Å². The monoisotopic (exact) mass is 316 g/mol. The lowest BCUT2D eigenvalue weighted by Gasteiger charge is -2.35. The highest BCUT2D eigenvalue weighted by molar-refractivity contribution is 6.35. The molecule has 1 saturated carbocycles. The molecular weight excluding hydrogens is 296 g/mol. The first-order chi connectivity index (χ1) is 10.8. The van der Waals surface area contributed by atoms with Crippen molar-refractivity contribution in [2.45, 2.75) is 51.1 Å². The lowest BCUT2D eigenvalue weighted by Crippen LogP contribution is -2.40. The van der Waals surface area contributed by atoms with Gasteiger partial charge in [-0.05, 0) is 31.0 Å². The molecule has 0 radical (unpaired) electrons. The second-order valence-corrected chi connectivity index (χ2v) is 6.82. The summed E-state index contributed by atoms with van der Waals surface area (Å²) in [6.07, 6.45) is 9.82. The minimum Gasteiger partial charge on any atom is -0.475 e. The quantitative estimate of drug-likeness (QED) is 0.709. The number of fused-ring (bicyclic) bond motifs is 3. The van der Waals surface area contributed by atoms with Crippen molar-refractivity contribution in [2.24, 2.45) is 0 Å². The molecule has 116 valence electrons.